The molecule has 0 bridgehead atoms. The van der Waals surface area contributed by atoms with Crippen molar-refractivity contribution in [3.8, 4) is 10.6 Å². The van der Waals surface area contributed by atoms with Gasteiger partial charge in [0.05, 0.1) is 18.9 Å². The number of rotatable bonds is 6. The lowest BCUT2D eigenvalue weighted by Gasteiger charge is -2.19. The number of ether oxygens (including phenoxy) is 1. The smallest absolute Gasteiger partial charge is 0.265 e. The van der Waals surface area contributed by atoms with Crippen LogP contribution in [0.15, 0.2) is 23.0 Å². The number of aliphatic hydroxyl groups is 1. The molecule has 1 atom stereocenters. The monoisotopic (exact) mass is 312 g/mol. The molecular formula is C13H16N2O3S2. The number of amides is 1. The molecule has 0 aromatic carbocycles. The summed E-state index contributed by atoms with van der Waals surface area (Å²) >= 11 is 2.96. The van der Waals surface area contributed by atoms with Gasteiger partial charge in [-0.3, -0.25) is 4.79 Å². The summed E-state index contributed by atoms with van der Waals surface area (Å²) < 4.78 is 4.85. The highest BCUT2D eigenvalue weighted by molar-refractivity contribution is 7.17. The molecule has 0 saturated heterocycles. The molecule has 2 rings (SSSR count). The van der Waals surface area contributed by atoms with E-state index in [2.05, 4.69) is 4.98 Å². The highest BCUT2D eigenvalue weighted by Gasteiger charge is 2.18. The molecule has 0 fully saturated rings. The van der Waals surface area contributed by atoms with Crippen LogP contribution in [0.2, 0.25) is 0 Å². The minimum absolute atomic E-state index is 0.140. The lowest BCUT2D eigenvalue weighted by Crippen LogP contribution is -2.35. The van der Waals surface area contributed by atoms with Crippen molar-refractivity contribution >= 4 is 28.6 Å². The summed E-state index contributed by atoms with van der Waals surface area (Å²) in [5.74, 6) is -0.140. The van der Waals surface area contributed by atoms with Gasteiger partial charge in [-0.25, -0.2) is 4.98 Å². The van der Waals surface area contributed by atoms with Gasteiger partial charge in [-0.1, -0.05) is 0 Å². The molecule has 1 unspecified atom stereocenters. The molecule has 0 aliphatic heterocycles. The number of likely N-dealkylation sites (N-methyl/N-ethyl adjacent to an activating group) is 1. The van der Waals surface area contributed by atoms with Crippen LogP contribution in [0.25, 0.3) is 10.6 Å². The average Bonchev–Trinajstić information content (AvgIpc) is 3.08. The standard InChI is InChI=1S/C13H16N2O3S2/c1-15(6-10(16)7-18-2)13(17)11-5-14-12(20-11)9-3-4-19-8-9/h3-5,8,10,16H,6-7H2,1-2H3. The van der Waals surface area contributed by atoms with Crippen LogP contribution in [0.3, 0.4) is 0 Å². The van der Waals surface area contributed by atoms with Gasteiger partial charge >= 0.3 is 0 Å². The Labute approximate surface area is 125 Å². The largest absolute Gasteiger partial charge is 0.389 e. The first kappa shape index (κ1) is 15.1. The number of aliphatic hydroxyl groups excluding tert-OH is 1. The van der Waals surface area contributed by atoms with Crippen molar-refractivity contribution in [2.75, 3.05) is 27.3 Å². The van der Waals surface area contributed by atoms with Gasteiger partial charge in [0.2, 0.25) is 0 Å². The minimum Gasteiger partial charge on any atom is -0.389 e. The van der Waals surface area contributed by atoms with Gasteiger partial charge in [-0.2, -0.15) is 11.3 Å². The Balaban J connectivity index is 2.02. The number of thiazole rings is 1. The van der Waals surface area contributed by atoms with E-state index < -0.39 is 6.10 Å². The predicted octanol–water partition coefficient (Wildman–Crippen LogP) is 1.95. The second kappa shape index (κ2) is 6.94. The number of methoxy groups -OCH3 is 1. The number of nitrogens with zero attached hydrogens (tertiary/aromatic N) is 2. The Kier molecular flexibility index (Phi) is 5.24. The van der Waals surface area contributed by atoms with E-state index in [4.69, 9.17) is 4.74 Å². The molecule has 1 N–H and O–H groups in total. The van der Waals surface area contributed by atoms with Crippen molar-refractivity contribution in [1.82, 2.24) is 9.88 Å². The topological polar surface area (TPSA) is 62.7 Å². The summed E-state index contributed by atoms with van der Waals surface area (Å²) in [5.41, 5.74) is 1.03. The first-order valence-electron chi connectivity index (χ1n) is 6.02. The van der Waals surface area contributed by atoms with Crippen molar-refractivity contribution in [3.05, 3.63) is 27.9 Å². The number of carbonyl (C=O) groups excluding carboxylic acids is 1. The molecule has 0 radical (unpaired) electrons. The fourth-order valence-electron chi connectivity index (χ4n) is 1.72. The predicted molar refractivity (Wildman–Crippen MR) is 80.3 cm³/mol. The molecule has 5 nitrogen and oxygen atoms in total. The normalized spacial score (nSPS) is 12.3. The summed E-state index contributed by atoms with van der Waals surface area (Å²) in [7, 11) is 3.17. The molecule has 2 aromatic rings. The maximum absolute atomic E-state index is 12.2. The van der Waals surface area contributed by atoms with Crippen LogP contribution < -0.4 is 0 Å². The maximum atomic E-state index is 12.2. The van der Waals surface area contributed by atoms with Crippen molar-refractivity contribution in [2.45, 2.75) is 6.10 Å². The second-order valence-corrected chi connectivity index (χ2v) is 6.15. The Hall–Kier alpha value is -1.28. The molecule has 2 aromatic heterocycles. The van der Waals surface area contributed by atoms with Gasteiger partial charge in [0.1, 0.15) is 9.88 Å². The van der Waals surface area contributed by atoms with E-state index >= 15 is 0 Å². The van der Waals surface area contributed by atoms with E-state index in [1.807, 2.05) is 16.8 Å². The van der Waals surface area contributed by atoms with Crippen LogP contribution in [0.5, 0.6) is 0 Å². The van der Waals surface area contributed by atoms with Crippen LogP contribution in [0, 0.1) is 0 Å². The summed E-state index contributed by atoms with van der Waals surface area (Å²) in [6.45, 7) is 0.443. The molecule has 0 aliphatic carbocycles. The molecule has 20 heavy (non-hydrogen) atoms. The van der Waals surface area contributed by atoms with Crippen molar-refractivity contribution in [3.63, 3.8) is 0 Å². The zero-order chi connectivity index (χ0) is 14.5. The lowest BCUT2D eigenvalue weighted by molar-refractivity contribution is 0.0382. The maximum Gasteiger partial charge on any atom is 0.265 e. The molecule has 2 heterocycles. The zero-order valence-corrected chi connectivity index (χ0v) is 12.9. The summed E-state index contributed by atoms with van der Waals surface area (Å²) in [6.07, 6.45) is 0.900. The fourth-order valence-corrected chi connectivity index (χ4v) is 3.35. The molecule has 108 valence electrons. The van der Waals surface area contributed by atoms with Crippen LogP contribution in [0.4, 0.5) is 0 Å². The van der Waals surface area contributed by atoms with Gasteiger partial charge in [0.25, 0.3) is 5.91 Å². The molecule has 0 saturated carbocycles. The Morgan fingerprint density at radius 3 is 3.05 bits per heavy atom. The SMILES string of the molecule is COCC(O)CN(C)C(=O)c1cnc(-c2ccsc2)s1. The second-order valence-electron chi connectivity index (χ2n) is 4.34. The average molecular weight is 312 g/mol. The quantitative estimate of drug-likeness (QED) is 0.885. The highest BCUT2D eigenvalue weighted by Crippen LogP contribution is 2.27. The van der Waals surface area contributed by atoms with Crippen LogP contribution in [0.1, 0.15) is 9.67 Å². The van der Waals surface area contributed by atoms with Crippen LogP contribution in [-0.4, -0.2) is 54.3 Å². The van der Waals surface area contributed by atoms with E-state index in [9.17, 15) is 9.90 Å². The van der Waals surface area contributed by atoms with Gasteiger partial charge in [0.15, 0.2) is 0 Å². The Morgan fingerprint density at radius 2 is 2.40 bits per heavy atom. The van der Waals surface area contributed by atoms with E-state index in [0.29, 0.717) is 4.88 Å². The molecule has 1 amide bonds. The third-order valence-electron chi connectivity index (χ3n) is 2.67. The Morgan fingerprint density at radius 1 is 1.60 bits per heavy atom. The van der Waals surface area contributed by atoms with Gasteiger partial charge in [-0.05, 0) is 11.4 Å². The summed E-state index contributed by atoms with van der Waals surface area (Å²) in [4.78, 5) is 18.5. The van der Waals surface area contributed by atoms with Gasteiger partial charge < -0.3 is 14.7 Å². The number of aromatic nitrogens is 1. The van der Waals surface area contributed by atoms with Crippen molar-refractivity contribution in [1.29, 1.82) is 0 Å². The number of hydrogen-bond acceptors (Lipinski definition) is 6. The van der Waals surface area contributed by atoms with Gasteiger partial charge in [-0.15, -0.1) is 11.3 Å². The first-order chi connectivity index (χ1) is 9.61. The number of carbonyl (C=O) groups is 1. The molecular weight excluding hydrogens is 296 g/mol. The third-order valence-corrected chi connectivity index (χ3v) is 4.39. The van der Waals surface area contributed by atoms with Crippen LogP contribution >= 0.6 is 22.7 Å². The lowest BCUT2D eigenvalue weighted by atomic mass is 10.3. The minimum atomic E-state index is -0.682. The molecule has 7 heteroatoms. The molecule has 0 aliphatic rings. The first-order valence-corrected chi connectivity index (χ1v) is 7.78. The molecule has 0 spiro atoms. The summed E-state index contributed by atoms with van der Waals surface area (Å²) in [5, 5.41) is 14.5. The van der Waals surface area contributed by atoms with Crippen molar-refractivity contribution < 1.29 is 14.6 Å². The Bertz CT molecular complexity index is 554. The van der Waals surface area contributed by atoms with E-state index in [1.54, 1.807) is 24.6 Å². The summed E-state index contributed by atoms with van der Waals surface area (Å²) in [6, 6.07) is 1.98. The van der Waals surface area contributed by atoms with E-state index in [1.165, 1.54) is 23.3 Å². The highest BCUT2D eigenvalue weighted by atomic mass is 32.1. The third kappa shape index (κ3) is 3.63. The number of hydrogen-bond donors (Lipinski definition) is 1. The van der Waals surface area contributed by atoms with E-state index in [-0.39, 0.29) is 19.1 Å². The van der Waals surface area contributed by atoms with Gasteiger partial charge in [0, 0.05) is 31.6 Å². The zero-order valence-electron chi connectivity index (χ0n) is 11.3. The number of thiophene rings is 1. The van der Waals surface area contributed by atoms with Crippen molar-refractivity contribution in [2.24, 2.45) is 0 Å². The van der Waals surface area contributed by atoms with E-state index in [0.717, 1.165) is 10.6 Å². The fraction of sp³-hybridized carbons (Fsp3) is 0.385. The van der Waals surface area contributed by atoms with Crippen LogP contribution in [-0.2, 0) is 4.74 Å².